The number of rotatable bonds is 1. The summed E-state index contributed by atoms with van der Waals surface area (Å²) >= 11 is 1.56. The first kappa shape index (κ1) is 7.35. The van der Waals surface area contributed by atoms with Crippen LogP contribution in [-0.4, -0.2) is 25.2 Å². The van der Waals surface area contributed by atoms with Crippen LogP contribution < -0.4 is 0 Å². The Hall–Kier alpha value is -1.30. The molecular formula is C6H7N5S. The maximum Gasteiger partial charge on any atom is 0.232 e. The van der Waals surface area contributed by atoms with E-state index in [2.05, 4.69) is 20.4 Å². The highest BCUT2D eigenvalue weighted by molar-refractivity contribution is 7.14. The predicted octanol–water partition coefficient (Wildman–Crippen LogP) is 0.736. The highest BCUT2D eigenvalue weighted by Gasteiger charge is 2.06. The Morgan fingerprint density at radius 2 is 2.25 bits per heavy atom. The number of nitrogens with zero attached hydrogens (tertiary/aromatic N) is 5. The predicted molar refractivity (Wildman–Crippen MR) is 44.3 cm³/mol. The molecule has 0 aromatic carbocycles. The van der Waals surface area contributed by atoms with Gasteiger partial charge in [0.25, 0.3) is 0 Å². The zero-order valence-corrected chi connectivity index (χ0v) is 7.54. The van der Waals surface area contributed by atoms with E-state index in [4.69, 9.17) is 0 Å². The van der Waals surface area contributed by atoms with Gasteiger partial charge in [0.2, 0.25) is 5.13 Å². The van der Waals surface area contributed by atoms with Crippen LogP contribution in [0.4, 0.5) is 0 Å². The Bertz CT molecular complexity index is 357. The molecule has 62 valence electrons. The zero-order chi connectivity index (χ0) is 8.55. The van der Waals surface area contributed by atoms with Crippen molar-refractivity contribution < 1.29 is 0 Å². The number of thiazole rings is 1. The largest absolute Gasteiger partial charge is 0.232 e. The van der Waals surface area contributed by atoms with Crippen molar-refractivity contribution in [2.24, 2.45) is 0 Å². The molecule has 2 rings (SSSR count). The van der Waals surface area contributed by atoms with Gasteiger partial charge in [-0.25, -0.2) is 4.98 Å². The Balaban J connectivity index is 2.48. The Kier molecular flexibility index (Phi) is 1.61. The fourth-order valence-corrected chi connectivity index (χ4v) is 1.61. The summed E-state index contributed by atoms with van der Waals surface area (Å²) in [4.78, 5) is 6.87. The highest BCUT2D eigenvalue weighted by atomic mass is 32.1. The SMILES string of the molecule is Cc1nc(-n2ncnn2)sc1C. The van der Waals surface area contributed by atoms with Gasteiger partial charge in [0.05, 0.1) is 5.69 Å². The third-order valence-electron chi connectivity index (χ3n) is 1.54. The molecule has 0 amide bonds. The van der Waals surface area contributed by atoms with E-state index in [1.54, 1.807) is 11.3 Å². The van der Waals surface area contributed by atoms with Crippen LogP contribution in [0, 0.1) is 13.8 Å². The molecule has 0 N–H and O–H groups in total. The topological polar surface area (TPSA) is 56.5 Å². The van der Waals surface area contributed by atoms with E-state index in [0.717, 1.165) is 10.8 Å². The number of tetrazole rings is 1. The van der Waals surface area contributed by atoms with Crippen molar-refractivity contribution in [3.63, 3.8) is 0 Å². The van der Waals surface area contributed by atoms with Crippen LogP contribution in [0.25, 0.3) is 5.13 Å². The molecule has 0 aliphatic carbocycles. The van der Waals surface area contributed by atoms with Crippen LogP contribution in [0.3, 0.4) is 0 Å². The minimum Gasteiger partial charge on any atom is -0.222 e. The summed E-state index contributed by atoms with van der Waals surface area (Å²) in [5, 5.41) is 12.0. The number of hydrogen-bond donors (Lipinski definition) is 0. The van der Waals surface area contributed by atoms with Crippen molar-refractivity contribution in [1.29, 1.82) is 0 Å². The van der Waals surface area contributed by atoms with Crippen molar-refractivity contribution >= 4 is 11.3 Å². The van der Waals surface area contributed by atoms with E-state index in [-0.39, 0.29) is 0 Å². The summed E-state index contributed by atoms with van der Waals surface area (Å²) in [5.74, 6) is 0. The second-order valence-corrected chi connectivity index (χ2v) is 3.54. The summed E-state index contributed by atoms with van der Waals surface area (Å²) < 4.78 is 0. The van der Waals surface area contributed by atoms with Gasteiger partial charge in [-0.2, -0.15) is 0 Å². The van der Waals surface area contributed by atoms with Crippen LogP contribution in [0.5, 0.6) is 0 Å². The standard InChI is InChI=1S/C6H7N5S/c1-4-5(2)12-6(9-4)11-8-3-7-10-11/h3H,1-2H3. The van der Waals surface area contributed by atoms with Gasteiger partial charge in [-0.1, -0.05) is 11.3 Å². The lowest BCUT2D eigenvalue weighted by Gasteiger charge is -1.86. The Morgan fingerprint density at radius 1 is 1.42 bits per heavy atom. The van der Waals surface area contributed by atoms with Gasteiger partial charge in [-0.05, 0) is 19.1 Å². The van der Waals surface area contributed by atoms with Crippen LogP contribution >= 0.6 is 11.3 Å². The first-order chi connectivity index (χ1) is 5.77. The minimum absolute atomic E-state index is 0.766. The van der Waals surface area contributed by atoms with Gasteiger partial charge in [-0.3, -0.25) is 0 Å². The fraction of sp³-hybridized carbons (Fsp3) is 0.333. The molecule has 0 saturated heterocycles. The molecule has 0 saturated carbocycles. The van der Waals surface area contributed by atoms with Gasteiger partial charge in [0, 0.05) is 4.88 Å². The highest BCUT2D eigenvalue weighted by Crippen LogP contribution is 2.17. The summed E-state index contributed by atoms with van der Waals surface area (Å²) in [6.07, 6.45) is 1.39. The van der Waals surface area contributed by atoms with Crippen LogP contribution in [0.15, 0.2) is 6.33 Å². The summed E-state index contributed by atoms with van der Waals surface area (Å²) in [7, 11) is 0. The van der Waals surface area contributed by atoms with E-state index in [1.165, 1.54) is 16.0 Å². The van der Waals surface area contributed by atoms with Crippen molar-refractivity contribution in [1.82, 2.24) is 25.2 Å². The van der Waals surface area contributed by atoms with Crippen molar-refractivity contribution in [2.45, 2.75) is 13.8 Å². The number of aryl methyl sites for hydroxylation is 2. The van der Waals surface area contributed by atoms with E-state index in [1.807, 2.05) is 13.8 Å². The molecule has 12 heavy (non-hydrogen) atoms. The zero-order valence-electron chi connectivity index (χ0n) is 6.72. The maximum absolute atomic E-state index is 4.27. The number of hydrogen-bond acceptors (Lipinski definition) is 5. The van der Waals surface area contributed by atoms with Gasteiger partial charge in [-0.15, -0.1) is 15.0 Å². The molecule has 0 aliphatic rings. The first-order valence-electron chi connectivity index (χ1n) is 3.45. The van der Waals surface area contributed by atoms with Crippen LogP contribution in [0.1, 0.15) is 10.6 Å². The van der Waals surface area contributed by atoms with E-state index in [9.17, 15) is 0 Å². The lowest BCUT2D eigenvalue weighted by Crippen LogP contribution is -1.97. The average Bonchev–Trinajstić information content (AvgIpc) is 2.61. The van der Waals surface area contributed by atoms with Crippen molar-refractivity contribution in [3.8, 4) is 5.13 Å². The van der Waals surface area contributed by atoms with Gasteiger partial charge >= 0.3 is 0 Å². The van der Waals surface area contributed by atoms with Crippen LogP contribution in [0.2, 0.25) is 0 Å². The van der Waals surface area contributed by atoms with Crippen molar-refractivity contribution in [2.75, 3.05) is 0 Å². The average molecular weight is 181 g/mol. The van der Waals surface area contributed by atoms with Crippen LogP contribution in [-0.2, 0) is 0 Å². The molecule has 2 heterocycles. The first-order valence-corrected chi connectivity index (χ1v) is 4.26. The normalized spacial score (nSPS) is 10.5. The van der Waals surface area contributed by atoms with E-state index >= 15 is 0 Å². The second-order valence-electron chi connectivity index (χ2n) is 2.36. The monoisotopic (exact) mass is 181 g/mol. The van der Waals surface area contributed by atoms with Gasteiger partial charge in [0.15, 0.2) is 6.33 Å². The fourth-order valence-electron chi connectivity index (χ4n) is 0.796. The molecular weight excluding hydrogens is 174 g/mol. The lowest BCUT2D eigenvalue weighted by molar-refractivity contribution is 0.713. The quantitative estimate of drug-likeness (QED) is 0.651. The molecule has 2 aromatic rings. The van der Waals surface area contributed by atoms with Gasteiger partial charge in [0.1, 0.15) is 0 Å². The molecule has 0 atom stereocenters. The summed E-state index contributed by atoms with van der Waals surface area (Å²) in [6, 6.07) is 0. The molecule has 0 aliphatic heterocycles. The van der Waals surface area contributed by atoms with E-state index < -0.39 is 0 Å². The third-order valence-corrected chi connectivity index (χ3v) is 2.58. The molecule has 0 unspecified atom stereocenters. The molecule has 0 fully saturated rings. The Labute approximate surface area is 73.1 Å². The Morgan fingerprint density at radius 3 is 2.75 bits per heavy atom. The summed E-state index contributed by atoms with van der Waals surface area (Å²) in [6.45, 7) is 3.99. The molecule has 6 heteroatoms. The second kappa shape index (κ2) is 2.63. The molecule has 0 spiro atoms. The molecule has 2 aromatic heterocycles. The minimum atomic E-state index is 0.766. The molecule has 5 nitrogen and oxygen atoms in total. The van der Waals surface area contributed by atoms with Crippen molar-refractivity contribution in [3.05, 3.63) is 16.9 Å². The smallest absolute Gasteiger partial charge is 0.222 e. The third kappa shape index (κ3) is 1.10. The summed E-state index contributed by atoms with van der Waals surface area (Å²) in [5.41, 5.74) is 1.02. The maximum atomic E-state index is 4.27. The molecule has 0 bridgehead atoms. The molecule has 0 radical (unpaired) electrons. The van der Waals surface area contributed by atoms with E-state index in [0.29, 0.717) is 0 Å². The lowest BCUT2D eigenvalue weighted by atomic mass is 10.4. The van der Waals surface area contributed by atoms with Gasteiger partial charge < -0.3 is 0 Å². The number of aromatic nitrogens is 5.